The Bertz CT molecular complexity index is 434. The van der Waals surface area contributed by atoms with E-state index in [-0.39, 0.29) is 16.7 Å². The van der Waals surface area contributed by atoms with Gasteiger partial charge in [0, 0.05) is 11.0 Å². The Hall–Kier alpha value is -1.22. The highest BCUT2D eigenvalue weighted by atomic mass is 16.5. The Morgan fingerprint density at radius 1 is 1.25 bits per heavy atom. The summed E-state index contributed by atoms with van der Waals surface area (Å²) >= 11 is 0. The Labute approximate surface area is 95.2 Å². The van der Waals surface area contributed by atoms with Crippen LogP contribution in [0.3, 0.4) is 0 Å². The summed E-state index contributed by atoms with van der Waals surface area (Å²) in [6, 6.07) is 5.69. The van der Waals surface area contributed by atoms with Crippen LogP contribution in [0.5, 0.6) is 11.5 Å². The van der Waals surface area contributed by atoms with Crippen LogP contribution < -0.4 is 10.5 Å². The molecule has 2 saturated carbocycles. The summed E-state index contributed by atoms with van der Waals surface area (Å²) in [6.07, 6.45) is 4.52. The topological polar surface area (TPSA) is 55.5 Å². The van der Waals surface area contributed by atoms with Crippen LogP contribution in [0.25, 0.3) is 0 Å². The van der Waals surface area contributed by atoms with Crippen LogP contribution in [0.15, 0.2) is 18.2 Å². The van der Waals surface area contributed by atoms with E-state index in [1.165, 1.54) is 5.56 Å². The minimum absolute atomic E-state index is 0.00592. The number of ether oxygens (including phenoxy) is 1. The summed E-state index contributed by atoms with van der Waals surface area (Å²) < 4.78 is 5.05. The van der Waals surface area contributed by atoms with Crippen molar-refractivity contribution in [2.75, 3.05) is 7.11 Å². The van der Waals surface area contributed by atoms with Crippen molar-refractivity contribution in [1.82, 2.24) is 0 Å². The van der Waals surface area contributed by atoms with Crippen molar-refractivity contribution in [3.63, 3.8) is 0 Å². The third-order valence-electron chi connectivity index (χ3n) is 4.22. The first-order chi connectivity index (χ1) is 7.61. The Kier molecular flexibility index (Phi) is 1.82. The molecule has 0 unspecified atom stereocenters. The normalized spacial score (nSPS) is 23.9. The van der Waals surface area contributed by atoms with E-state index in [9.17, 15) is 5.11 Å². The molecule has 0 heterocycles. The predicted molar refractivity (Wildman–Crippen MR) is 61.7 cm³/mol. The average molecular weight is 219 g/mol. The second-order valence-corrected chi connectivity index (χ2v) is 5.12. The minimum atomic E-state index is -0.00592. The van der Waals surface area contributed by atoms with Crippen LogP contribution >= 0.6 is 0 Å². The van der Waals surface area contributed by atoms with Crippen molar-refractivity contribution >= 4 is 0 Å². The van der Waals surface area contributed by atoms with Crippen LogP contribution in [0.2, 0.25) is 0 Å². The standard InChI is InChI=1S/C13H17NO2/c1-16-11-3-2-9(8-10(11)15)12(4-5-12)13(14)6-7-13/h2-3,8,15H,4-7,14H2,1H3. The monoisotopic (exact) mass is 219 g/mol. The van der Waals surface area contributed by atoms with E-state index < -0.39 is 0 Å². The molecule has 0 aromatic heterocycles. The summed E-state index contributed by atoms with van der Waals surface area (Å²) in [4.78, 5) is 0. The van der Waals surface area contributed by atoms with Gasteiger partial charge in [0.1, 0.15) is 0 Å². The molecule has 2 fully saturated rings. The number of methoxy groups -OCH3 is 1. The van der Waals surface area contributed by atoms with Gasteiger partial charge in [0.2, 0.25) is 0 Å². The fourth-order valence-corrected chi connectivity index (χ4v) is 2.80. The van der Waals surface area contributed by atoms with Gasteiger partial charge < -0.3 is 15.6 Å². The molecule has 0 amide bonds. The highest BCUT2D eigenvalue weighted by Crippen LogP contribution is 2.64. The Morgan fingerprint density at radius 3 is 2.38 bits per heavy atom. The summed E-state index contributed by atoms with van der Waals surface area (Å²) in [5.74, 6) is 0.747. The van der Waals surface area contributed by atoms with Gasteiger partial charge >= 0.3 is 0 Å². The minimum Gasteiger partial charge on any atom is -0.504 e. The number of benzene rings is 1. The molecule has 1 aromatic carbocycles. The van der Waals surface area contributed by atoms with Gasteiger partial charge in [-0.05, 0) is 43.4 Å². The molecule has 3 rings (SSSR count). The molecule has 3 N–H and O–H groups in total. The number of phenols is 1. The zero-order valence-electron chi connectivity index (χ0n) is 9.49. The lowest BCUT2D eigenvalue weighted by atomic mass is 9.86. The molecule has 0 atom stereocenters. The highest BCUT2D eigenvalue weighted by Gasteiger charge is 2.64. The van der Waals surface area contributed by atoms with E-state index in [1.807, 2.05) is 18.2 Å². The molecule has 16 heavy (non-hydrogen) atoms. The van der Waals surface area contributed by atoms with Gasteiger partial charge in [-0.25, -0.2) is 0 Å². The maximum absolute atomic E-state index is 9.80. The number of hydrogen-bond donors (Lipinski definition) is 2. The zero-order valence-corrected chi connectivity index (χ0v) is 9.49. The molecule has 86 valence electrons. The second-order valence-electron chi connectivity index (χ2n) is 5.12. The van der Waals surface area contributed by atoms with Crippen LogP contribution in [0.1, 0.15) is 31.2 Å². The lowest BCUT2D eigenvalue weighted by Crippen LogP contribution is -2.37. The Balaban J connectivity index is 1.99. The number of nitrogens with two attached hydrogens (primary N) is 1. The average Bonchev–Trinajstić information content (AvgIpc) is 3.13. The molecular formula is C13H17NO2. The summed E-state index contributed by atoms with van der Waals surface area (Å²) in [7, 11) is 1.56. The van der Waals surface area contributed by atoms with Crippen molar-refractivity contribution in [2.24, 2.45) is 5.73 Å². The van der Waals surface area contributed by atoms with E-state index in [2.05, 4.69) is 0 Å². The largest absolute Gasteiger partial charge is 0.504 e. The number of phenolic OH excluding ortho intramolecular Hbond substituents is 1. The number of rotatable bonds is 3. The fraction of sp³-hybridized carbons (Fsp3) is 0.538. The molecule has 3 nitrogen and oxygen atoms in total. The maximum Gasteiger partial charge on any atom is 0.160 e. The first-order valence-corrected chi connectivity index (χ1v) is 5.78. The quantitative estimate of drug-likeness (QED) is 0.816. The molecule has 1 aromatic rings. The van der Waals surface area contributed by atoms with E-state index in [0.717, 1.165) is 25.7 Å². The lowest BCUT2D eigenvalue weighted by Gasteiger charge is -2.23. The van der Waals surface area contributed by atoms with E-state index in [4.69, 9.17) is 10.5 Å². The van der Waals surface area contributed by atoms with Crippen molar-refractivity contribution in [3.8, 4) is 11.5 Å². The van der Waals surface area contributed by atoms with Crippen molar-refractivity contribution in [2.45, 2.75) is 36.6 Å². The SMILES string of the molecule is COc1ccc(C2(C3(N)CC3)CC2)cc1O. The van der Waals surface area contributed by atoms with Gasteiger partial charge in [-0.15, -0.1) is 0 Å². The molecule has 2 aliphatic rings. The van der Waals surface area contributed by atoms with Gasteiger partial charge in [0.25, 0.3) is 0 Å². The first kappa shape index (κ1) is 9.97. The molecule has 0 spiro atoms. The fourth-order valence-electron chi connectivity index (χ4n) is 2.80. The van der Waals surface area contributed by atoms with E-state index >= 15 is 0 Å². The van der Waals surface area contributed by atoms with Gasteiger partial charge in [-0.2, -0.15) is 0 Å². The van der Waals surface area contributed by atoms with Crippen LogP contribution in [-0.4, -0.2) is 17.8 Å². The van der Waals surface area contributed by atoms with Crippen LogP contribution in [-0.2, 0) is 5.41 Å². The maximum atomic E-state index is 9.80. The highest BCUT2D eigenvalue weighted by molar-refractivity contribution is 5.49. The third kappa shape index (κ3) is 1.18. The van der Waals surface area contributed by atoms with Crippen molar-refractivity contribution in [1.29, 1.82) is 0 Å². The smallest absolute Gasteiger partial charge is 0.160 e. The number of hydrogen-bond acceptors (Lipinski definition) is 3. The van der Waals surface area contributed by atoms with Gasteiger partial charge in [-0.3, -0.25) is 0 Å². The van der Waals surface area contributed by atoms with Gasteiger partial charge in [-0.1, -0.05) is 6.07 Å². The van der Waals surface area contributed by atoms with Crippen LogP contribution in [0.4, 0.5) is 0 Å². The third-order valence-corrected chi connectivity index (χ3v) is 4.22. The molecule has 2 aliphatic carbocycles. The predicted octanol–water partition coefficient (Wildman–Crippen LogP) is 1.92. The van der Waals surface area contributed by atoms with Crippen molar-refractivity contribution in [3.05, 3.63) is 23.8 Å². The van der Waals surface area contributed by atoms with Gasteiger partial charge in [0.05, 0.1) is 7.11 Å². The summed E-state index contributed by atoms with van der Waals surface area (Å²) in [6.45, 7) is 0. The van der Waals surface area contributed by atoms with Crippen molar-refractivity contribution < 1.29 is 9.84 Å². The lowest BCUT2D eigenvalue weighted by molar-refractivity contribution is 0.372. The number of aromatic hydroxyl groups is 1. The molecule has 0 saturated heterocycles. The summed E-state index contributed by atoms with van der Waals surface area (Å²) in [5, 5.41) is 9.80. The second kappa shape index (κ2) is 2.92. The first-order valence-electron chi connectivity index (χ1n) is 5.78. The molecule has 0 radical (unpaired) electrons. The molecule has 3 heteroatoms. The molecule has 0 bridgehead atoms. The van der Waals surface area contributed by atoms with E-state index in [0.29, 0.717) is 5.75 Å². The van der Waals surface area contributed by atoms with Gasteiger partial charge in [0.15, 0.2) is 11.5 Å². The van der Waals surface area contributed by atoms with Crippen LogP contribution in [0, 0.1) is 0 Å². The molecule has 0 aliphatic heterocycles. The zero-order chi connectivity index (χ0) is 11.4. The molecular weight excluding hydrogens is 202 g/mol. The van der Waals surface area contributed by atoms with E-state index in [1.54, 1.807) is 7.11 Å². The Morgan fingerprint density at radius 2 is 1.94 bits per heavy atom. The summed E-state index contributed by atoms with van der Waals surface area (Å²) in [5.41, 5.74) is 7.63.